The lowest BCUT2D eigenvalue weighted by atomic mass is 10.00. The molecule has 3 aromatic carbocycles. The van der Waals surface area contributed by atoms with Crippen LogP contribution in [-0.2, 0) is 34.0 Å². The van der Waals surface area contributed by atoms with Crippen LogP contribution in [0, 0.1) is 18.6 Å². The maximum atomic E-state index is 14.1. The minimum Gasteiger partial charge on any atom is -0.390 e. The molecular weight excluding hydrogens is 636 g/mol. The molecule has 262 valence electrons. The quantitative estimate of drug-likeness (QED) is 0.138. The molecule has 0 fully saturated rings. The summed E-state index contributed by atoms with van der Waals surface area (Å²) in [5.41, 5.74) is 3.50. The van der Waals surface area contributed by atoms with E-state index < -0.39 is 62.5 Å². The molecule has 3 atom stereocenters. The van der Waals surface area contributed by atoms with Crippen molar-refractivity contribution in [1.82, 2.24) is 16.0 Å². The van der Waals surface area contributed by atoms with E-state index in [-0.39, 0.29) is 24.1 Å². The molecule has 1 unspecified atom stereocenters. The van der Waals surface area contributed by atoms with Crippen LogP contribution in [0.3, 0.4) is 0 Å². The zero-order valence-corrected chi connectivity index (χ0v) is 29.1. The Kier molecular flexibility index (Phi) is 15.2. The van der Waals surface area contributed by atoms with Gasteiger partial charge in [-0.2, -0.15) is 0 Å². The van der Waals surface area contributed by atoms with Gasteiger partial charge in [-0.25, -0.2) is 17.2 Å². The number of nitrogens with one attached hydrogen (secondary N) is 3. The first-order valence-electron chi connectivity index (χ1n) is 16.7. The van der Waals surface area contributed by atoms with Crippen LogP contribution < -0.4 is 16.0 Å². The number of amides is 2. The second-order valence-corrected chi connectivity index (χ2v) is 14.7. The van der Waals surface area contributed by atoms with E-state index in [4.69, 9.17) is 0 Å². The number of benzene rings is 3. The lowest BCUT2D eigenvalue weighted by Gasteiger charge is -2.28. The number of rotatable bonds is 19. The topological polar surface area (TPSA) is 125 Å². The van der Waals surface area contributed by atoms with Crippen molar-refractivity contribution in [2.75, 3.05) is 12.3 Å². The molecule has 0 bridgehead atoms. The van der Waals surface area contributed by atoms with Crippen LogP contribution in [0.1, 0.15) is 79.1 Å². The summed E-state index contributed by atoms with van der Waals surface area (Å²) in [4.78, 5) is 27.2. The second-order valence-electron chi connectivity index (χ2n) is 12.4. The fraction of sp³-hybridized carbons (Fsp3) is 0.459. The Morgan fingerprint density at radius 2 is 1.46 bits per heavy atom. The van der Waals surface area contributed by atoms with Crippen molar-refractivity contribution in [2.24, 2.45) is 0 Å². The van der Waals surface area contributed by atoms with Crippen LogP contribution in [-0.4, -0.2) is 61.1 Å². The predicted octanol–water partition coefficient (Wildman–Crippen LogP) is 5.20. The molecule has 8 nitrogen and oxygen atoms in total. The molecule has 0 aliphatic rings. The number of aryl methyl sites for hydroxylation is 2. The third kappa shape index (κ3) is 12.1. The molecule has 11 heteroatoms. The molecule has 0 radical (unpaired) electrons. The van der Waals surface area contributed by atoms with Crippen LogP contribution in [0.2, 0.25) is 0 Å². The van der Waals surface area contributed by atoms with Crippen molar-refractivity contribution >= 4 is 21.7 Å². The van der Waals surface area contributed by atoms with Crippen molar-refractivity contribution in [3.05, 3.63) is 106 Å². The largest absolute Gasteiger partial charge is 0.390 e. The number of sulfone groups is 1. The third-order valence-corrected chi connectivity index (χ3v) is 10.6. The monoisotopic (exact) mass is 685 g/mol. The van der Waals surface area contributed by atoms with Gasteiger partial charge in [0.05, 0.1) is 23.1 Å². The molecule has 0 aliphatic heterocycles. The van der Waals surface area contributed by atoms with Crippen LogP contribution in [0.5, 0.6) is 0 Å². The van der Waals surface area contributed by atoms with Gasteiger partial charge in [-0.15, -0.1) is 0 Å². The second kappa shape index (κ2) is 18.8. The Bertz CT molecular complexity index is 1570. The maximum absolute atomic E-state index is 14.1. The summed E-state index contributed by atoms with van der Waals surface area (Å²) >= 11 is 0. The van der Waals surface area contributed by atoms with Crippen molar-refractivity contribution in [1.29, 1.82) is 0 Å². The highest BCUT2D eigenvalue weighted by atomic mass is 32.2. The van der Waals surface area contributed by atoms with Gasteiger partial charge < -0.3 is 21.1 Å². The number of carbonyl (C=O) groups is 2. The van der Waals surface area contributed by atoms with Crippen molar-refractivity contribution in [3.8, 4) is 0 Å². The first-order chi connectivity index (χ1) is 22.8. The normalized spacial score (nSPS) is 13.6. The van der Waals surface area contributed by atoms with E-state index in [1.54, 1.807) is 24.3 Å². The van der Waals surface area contributed by atoms with Gasteiger partial charge in [-0.05, 0) is 73.6 Å². The summed E-state index contributed by atoms with van der Waals surface area (Å²) in [6.45, 7) is 8.11. The average molecular weight is 686 g/mol. The van der Waals surface area contributed by atoms with E-state index in [0.717, 1.165) is 41.3 Å². The Hall–Kier alpha value is -3.67. The fourth-order valence-electron chi connectivity index (χ4n) is 5.66. The molecule has 3 aromatic rings. The van der Waals surface area contributed by atoms with Gasteiger partial charge in [-0.1, -0.05) is 75.6 Å². The highest BCUT2D eigenvalue weighted by Gasteiger charge is 2.34. The molecular formula is C37H49F2N3O5S. The van der Waals surface area contributed by atoms with Crippen LogP contribution >= 0.6 is 0 Å². The summed E-state index contributed by atoms with van der Waals surface area (Å²) in [6, 6.07) is 14.9. The van der Waals surface area contributed by atoms with Crippen molar-refractivity contribution in [3.63, 3.8) is 0 Å². The van der Waals surface area contributed by atoms with Gasteiger partial charge in [0.1, 0.15) is 17.7 Å². The maximum Gasteiger partial charge on any atom is 0.251 e. The fourth-order valence-corrected chi connectivity index (χ4v) is 7.82. The molecule has 0 spiro atoms. The highest BCUT2D eigenvalue weighted by Crippen LogP contribution is 2.18. The SMILES string of the molecule is CCCC(CCC)S(=O)(=O)CC(NC(=O)c1ccc(C)cc1)C(=O)N[C@@H](Cc1cc(F)cc(F)c1)[C@H](O)CNCc1cccc(CC)c1. The highest BCUT2D eigenvalue weighted by molar-refractivity contribution is 7.92. The summed E-state index contributed by atoms with van der Waals surface area (Å²) in [5.74, 6) is -3.74. The van der Waals surface area contributed by atoms with Gasteiger partial charge in [0, 0.05) is 24.7 Å². The lowest BCUT2D eigenvalue weighted by Crippen LogP contribution is -2.57. The summed E-state index contributed by atoms with van der Waals surface area (Å²) < 4.78 is 55.5. The molecule has 0 aromatic heterocycles. The number of hydrogen-bond donors (Lipinski definition) is 4. The average Bonchev–Trinajstić information content (AvgIpc) is 3.03. The molecule has 0 saturated carbocycles. The summed E-state index contributed by atoms with van der Waals surface area (Å²) in [6.07, 6.45) is 1.55. The first-order valence-corrected chi connectivity index (χ1v) is 18.4. The Labute approximate surface area is 283 Å². The van der Waals surface area contributed by atoms with E-state index in [9.17, 15) is 31.9 Å². The van der Waals surface area contributed by atoms with E-state index in [1.165, 1.54) is 0 Å². The third-order valence-electron chi connectivity index (χ3n) is 8.32. The standard InChI is InChI=1S/C37H49F2N3O5S/c1-5-9-32(10-6-2)48(46,47)24-34(42-36(44)29-15-13-25(4)14-16-29)37(45)41-33(20-28-18-30(38)21-31(39)19-28)35(43)23-40-22-27-12-8-11-26(7-3)17-27/h8,11-19,21,32-35,40,43H,5-7,9-10,20,22-24H2,1-4H3,(H,41,45)(H,42,44)/t33-,34?,35+/m0/s1. The summed E-state index contributed by atoms with van der Waals surface area (Å²) in [5, 5.41) is 19.1. The number of aliphatic hydroxyl groups is 1. The van der Waals surface area contributed by atoms with E-state index >= 15 is 0 Å². The Morgan fingerprint density at radius 1 is 0.833 bits per heavy atom. The molecule has 2 amide bonds. The van der Waals surface area contributed by atoms with Crippen LogP contribution in [0.25, 0.3) is 0 Å². The molecule has 48 heavy (non-hydrogen) atoms. The van der Waals surface area contributed by atoms with Crippen LogP contribution in [0.15, 0.2) is 66.7 Å². The summed E-state index contributed by atoms with van der Waals surface area (Å²) in [7, 11) is -3.85. The predicted molar refractivity (Wildman–Crippen MR) is 185 cm³/mol. The zero-order valence-electron chi connectivity index (χ0n) is 28.3. The molecule has 3 rings (SSSR count). The Morgan fingerprint density at radius 3 is 2.06 bits per heavy atom. The number of aliphatic hydroxyl groups excluding tert-OH is 1. The van der Waals surface area contributed by atoms with Gasteiger partial charge in [0.15, 0.2) is 9.84 Å². The van der Waals surface area contributed by atoms with Gasteiger partial charge in [-0.3, -0.25) is 9.59 Å². The smallest absolute Gasteiger partial charge is 0.251 e. The van der Waals surface area contributed by atoms with Crippen LogP contribution in [0.4, 0.5) is 8.78 Å². The van der Waals surface area contributed by atoms with Crippen molar-refractivity contribution in [2.45, 2.75) is 96.2 Å². The van der Waals surface area contributed by atoms with Crippen molar-refractivity contribution < 1.29 is 31.9 Å². The number of carbonyl (C=O) groups excluding carboxylic acids is 2. The van der Waals surface area contributed by atoms with Gasteiger partial charge >= 0.3 is 0 Å². The molecule has 0 saturated heterocycles. The Balaban J connectivity index is 1.89. The number of hydrogen-bond acceptors (Lipinski definition) is 6. The minimum absolute atomic E-state index is 0.00681. The van der Waals surface area contributed by atoms with Gasteiger partial charge in [0.2, 0.25) is 5.91 Å². The molecule has 4 N–H and O–H groups in total. The number of halogens is 2. The van der Waals surface area contributed by atoms with Gasteiger partial charge in [0.25, 0.3) is 5.91 Å². The molecule has 0 aliphatic carbocycles. The van der Waals surface area contributed by atoms with E-state index in [0.29, 0.717) is 32.2 Å². The van der Waals surface area contributed by atoms with E-state index in [1.807, 2.05) is 52.0 Å². The zero-order chi connectivity index (χ0) is 35.3. The first kappa shape index (κ1) is 38.8. The lowest BCUT2D eigenvalue weighted by molar-refractivity contribution is -0.124. The molecule has 0 heterocycles. The van der Waals surface area contributed by atoms with E-state index in [2.05, 4.69) is 16.0 Å². The minimum atomic E-state index is -3.85.